The molecule has 0 saturated carbocycles. The topological polar surface area (TPSA) is 46.9 Å². The number of carbonyl (C=O) groups is 1. The van der Waals surface area contributed by atoms with Crippen LogP contribution >= 0.6 is 12.4 Å². The Kier molecular flexibility index (Phi) is 5.28. The molecule has 0 spiro atoms. The summed E-state index contributed by atoms with van der Waals surface area (Å²) in [6, 6.07) is 23.8. The lowest BCUT2D eigenvalue weighted by Crippen LogP contribution is -2.14. The van der Waals surface area contributed by atoms with Gasteiger partial charge in [-0.05, 0) is 37.4 Å². The van der Waals surface area contributed by atoms with Gasteiger partial charge in [-0.25, -0.2) is 4.98 Å². The summed E-state index contributed by atoms with van der Waals surface area (Å²) >= 11 is 0. The maximum absolute atomic E-state index is 12.9. The van der Waals surface area contributed by atoms with Crippen molar-refractivity contribution in [2.75, 3.05) is 5.32 Å². The second kappa shape index (κ2) is 7.64. The summed E-state index contributed by atoms with van der Waals surface area (Å²) in [7, 11) is 0. The average molecular weight is 378 g/mol. The summed E-state index contributed by atoms with van der Waals surface area (Å²) in [6.07, 6.45) is 0. The van der Waals surface area contributed by atoms with Crippen LogP contribution in [0.25, 0.3) is 16.5 Å². The fraction of sp³-hybridized carbons (Fsp3) is 0.0909. The number of carbonyl (C=O) groups excluding carboxylic acids is 1. The van der Waals surface area contributed by atoms with Gasteiger partial charge in [-0.1, -0.05) is 54.6 Å². The van der Waals surface area contributed by atoms with Crippen LogP contribution in [0.5, 0.6) is 0 Å². The number of imidazole rings is 1. The molecule has 4 rings (SSSR count). The molecule has 27 heavy (non-hydrogen) atoms. The number of aromatic nitrogens is 2. The molecule has 4 nitrogen and oxygen atoms in total. The number of amides is 1. The summed E-state index contributed by atoms with van der Waals surface area (Å²) in [5.74, 6) is 0.591. The highest BCUT2D eigenvalue weighted by molar-refractivity contribution is 6.08. The van der Waals surface area contributed by atoms with E-state index in [2.05, 4.69) is 10.3 Å². The van der Waals surface area contributed by atoms with Gasteiger partial charge in [0.1, 0.15) is 11.5 Å². The molecule has 3 aromatic carbocycles. The number of nitrogens with zero attached hydrogens (tertiary/aromatic N) is 2. The molecule has 4 aromatic rings. The third-order valence-corrected chi connectivity index (χ3v) is 4.54. The molecule has 0 unspecified atom stereocenters. The number of fused-ring (bicyclic) bond motifs is 1. The Hall–Kier alpha value is -3.11. The van der Waals surface area contributed by atoms with Gasteiger partial charge < -0.3 is 9.88 Å². The molecular weight excluding hydrogens is 358 g/mol. The highest BCUT2D eigenvalue weighted by Crippen LogP contribution is 2.24. The van der Waals surface area contributed by atoms with Crippen LogP contribution in [0.4, 0.5) is 5.69 Å². The van der Waals surface area contributed by atoms with E-state index >= 15 is 0 Å². The number of nitrogens with one attached hydrogen (secondary N) is 1. The molecule has 0 aliphatic carbocycles. The molecule has 136 valence electrons. The van der Waals surface area contributed by atoms with Gasteiger partial charge in [0.05, 0.1) is 5.69 Å². The quantitative estimate of drug-likeness (QED) is 0.525. The van der Waals surface area contributed by atoms with Crippen LogP contribution in [-0.4, -0.2) is 15.5 Å². The van der Waals surface area contributed by atoms with Crippen LogP contribution in [-0.2, 0) is 0 Å². The Morgan fingerprint density at radius 2 is 1.56 bits per heavy atom. The maximum Gasteiger partial charge on any atom is 0.276 e. The van der Waals surface area contributed by atoms with Crippen molar-refractivity contribution in [2.45, 2.75) is 13.8 Å². The Morgan fingerprint density at radius 3 is 2.33 bits per heavy atom. The van der Waals surface area contributed by atoms with E-state index in [0.29, 0.717) is 5.69 Å². The minimum atomic E-state index is -0.198. The molecule has 0 atom stereocenters. The van der Waals surface area contributed by atoms with Crippen molar-refractivity contribution >= 4 is 34.8 Å². The van der Waals surface area contributed by atoms with Crippen molar-refractivity contribution < 1.29 is 4.79 Å². The van der Waals surface area contributed by atoms with Gasteiger partial charge in [0.2, 0.25) is 0 Å². The summed E-state index contributed by atoms with van der Waals surface area (Å²) in [6.45, 7) is 3.83. The SMILES string of the molecule is Cc1nc(C(=O)Nc2cccc3ccccc23)c(C)n1-c1ccccc1.Cl. The van der Waals surface area contributed by atoms with Crippen molar-refractivity contribution in [1.29, 1.82) is 0 Å². The number of hydrogen-bond donors (Lipinski definition) is 1. The number of hydrogen-bond acceptors (Lipinski definition) is 2. The predicted octanol–water partition coefficient (Wildman–Crippen LogP) is 5.32. The van der Waals surface area contributed by atoms with E-state index in [1.165, 1.54) is 0 Å². The van der Waals surface area contributed by atoms with Gasteiger partial charge in [-0.2, -0.15) is 0 Å². The van der Waals surface area contributed by atoms with Crippen molar-refractivity contribution in [2.24, 2.45) is 0 Å². The first kappa shape index (κ1) is 18.7. The van der Waals surface area contributed by atoms with Crippen molar-refractivity contribution in [1.82, 2.24) is 9.55 Å². The number of anilines is 1. The van der Waals surface area contributed by atoms with Crippen molar-refractivity contribution in [3.8, 4) is 5.69 Å². The van der Waals surface area contributed by atoms with Crippen LogP contribution in [0, 0.1) is 13.8 Å². The normalized spacial score (nSPS) is 10.4. The maximum atomic E-state index is 12.9. The second-order valence-electron chi connectivity index (χ2n) is 6.24. The molecule has 1 aromatic heterocycles. The first-order valence-electron chi connectivity index (χ1n) is 8.55. The van der Waals surface area contributed by atoms with E-state index in [1.807, 2.05) is 91.2 Å². The summed E-state index contributed by atoms with van der Waals surface area (Å²) in [5.41, 5.74) is 3.06. The molecule has 1 amide bonds. The monoisotopic (exact) mass is 377 g/mol. The van der Waals surface area contributed by atoms with Crippen molar-refractivity contribution in [3.63, 3.8) is 0 Å². The third-order valence-electron chi connectivity index (χ3n) is 4.54. The largest absolute Gasteiger partial charge is 0.320 e. The smallest absolute Gasteiger partial charge is 0.276 e. The molecule has 0 aliphatic heterocycles. The number of aryl methyl sites for hydroxylation is 1. The van der Waals surface area contributed by atoms with E-state index in [-0.39, 0.29) is 18.3 Å². The lowest BCUT2D eigenvalue weighted by atomic mass is 10.1. The minimum absolute atomic E-state index is 0. The van der Waals surface area contributed by atoms with Gasteiger partial charge in [-0.3, -0.25) is 4.79 Å². The van der Waals surface area contributed by atoms with E-state index in [9.17, 15) is 4.79 Å². The first-order valence-corrected chi connectivity index (χ1v) is 8.55. The Bertz CT molecular complexity index is 1100. The molecule has 1 heterocycles. The van der Waals surface area contributed by atoms with Gasteiger partial charge in [0.25, 0.3) is 5.91 Å². The molecular formula is C22H20ClN3O. The zero-order valence-corrected chi connectivity index (χ0v) is 16.0. The fourth-order valence-corrected chi connectivity index (χ4v) is 3.33. The van der Waals surface area contributed by atoms with Crippen molar-refractivity contribution in [3.05, 3.63) is 90.0 Å². The second-order valence-corrected chi connectivity index (χ2v) is 6.24. The molecule has 0 radical (unpaired) electrons. The van der Waals surface area contributed by atoms with Gasteiger partial charge in [-0.15, -0.1) is 12.4 Å². The van der Waals surface area contributed by atoms with E-state index < -0.39 is 0 Å². The van der Waals surface area contributed by atoms with E-state index in [0.717, 1.165) is 33.7 Å². The summed E-state index contributed by atoms with van der Waals surface area (Å²) < 4.78 is 2.00. The highest BCUT2D eigenvalue weighted by atomic mass is 35.5. The molecule has 5 heteroatoms. The third kappa shape index (κ3) is 3.44. The highest BCUT2D eigenvalue weighted by Gasteiger charge is 2.19. The standard InChI is InChI=1S/C22H19N3O.ClH/c1-15-21(23-16(2)25(15)18-11-4-3-5-12-18)22(26)24-20-14-8-10-17-9-6-7-13-19(17)20;/h3-14H,1-2H3,(H,24,26);1H. The molecule has 0 bridgehead atoms. The summed E-state index contributed by atoms with van der Waals surface area (Å²) in [5, 5.41) is 5.12. The predicted molar refractivity (Wildman–Crippen MR) is 112 cm³/mol. The van der Waals surface area contributed by atoms with Crippen LogP contribution in [0.1, 0.15) is 22.0 Å². The zero-order chi connectivity index (χ0) is 18.1. The minimum Gasteiger partial charge on any atom is -0.320 e. The number of halogens is 1. The molecule has 0 fully saturated rings. The van der Waals surface area contributed by atoms with Gasteiger partial charge >= 0.3 is 0 Å². The Balaban J connectivity index is 0.00000210. The van der Waals surface area contributed by atoms with Gasteiger partial charge in [0, 0.05) is 16.8 Å². The lowest BCUT2D eigenvalue weighted by molar-refractivity contribution is 0.102. The van der Waals surface area contributed by atoms with Crippen LogP contribution in [0.2, 0.25) is 0 Å². The number of para-hydroxylation sites is 1. The number of rotatable bonds is 3. The zero-order valence-electron chi connectivity index (χ0n) is 15.1. The molecule has 0 saturated heterocycles. The molecule has 1 N–H and O–H groups in total. The molecule has 0 aliphatic rings. The van der Waals surface area contributed by atoms with Gasteiger partial charge in [0.15, 0.2) is 0 Å². The van der Waals surface area contributed by atoms with E-state index in [4.69, 9.17) is 0 Å². The lowest BCUT2D eigenvalue weighted by Gasteiger charge is -2.09. The Morgan fingerprint density at radius 1 is 0.889 bits per heavy atom. The first-order chi connectivity index (χ1) is 12.6. The number of benzene rings is 3. The Labute approximate surface area is 164 Å². The van der Waals surface area contributed by atoms with Crippen LogP contribution in [0.15, 0.2) is 72.8 Å². The van der Waals surface area contributed by atoms with E-state index in [1.54, 1.807) is 0 Å². The average Bonchev–Trinajstić information content (AvgIpc) is 2.97. The van der Waals surface area contributed by atoms with Crippen LogP contribution in [0.3, 0.4) is 0 Å². The fourth-order valence-electron chi connectivity index (χ4n) is 3.33. The van der Waals surface area contributed by atoms with Crippen LogP contribution < -0.4 is 5.32 Å². The summed E-state index contributed by atoms with van der Waals surface area (Å²) in [4.78, 5) is 17.4.